The Bertz CT molecular complexity index is 512. The van der Waals surface area contributed by atoms with Gasteiger partial charge in [-0.3, -0.25) is 0 Å². The molecule has 1 aromatic rings. The fourth-order valence-electron chi connectivity index (χ4n) is 1.53. The average Bonchev–Trinajstić information content (AvgIpc) is 2.32. The van der Waals surface area contributed by atoms with E-state index in [9.17, 15) is 23.1 Å². The Morgan fingerprint density at radius 3 is 2.50 bits per heavy atom. The second kappa shape index (κ2) is 6.87. The van der Waals surface area contributed by atoms with E-state index in [1.165, 1.54) is 12.1 Å². The Kier molecular flexibility index (Phi) is 5.65. The molecule has 1 aromatic carbocycles. The maximum Gasteiger partial charge on any atom is 0.573 e. The zero-order chi connectivity index (χ0) is 17.0. The second-order valence-corrected chi connectivity index (χ2v) is 5.52. The third kappa shape index (κ3) is 7.16. The van der Waals surface area contributed by atoms with Crippen LogP contribution in [0.25, 0.3) is 0 Å². The molecule has 5 nitrogen and oxygen atoms in total. The van der Waals surface area contributed by atoms with Crippen molar-refractivity contribution in [1.82, 2.24) is 5.32 Å². The summed E-state index contributed by atoms with van der Waals surface area (Å²) in [6.45, 7) is 4.84. The SMILES string of the molecule is CC(C)(C)OC(=O)NC[C@H](O)c1cccc(OC(F)(F)F)c1. The number of alkyl halides is 3. The number of aliphatic hydroxyl groups excluding tert-OH is 1. The molecule has 0 aliphatic carbocycles. The molecule has 1 rings (SSSR count). The van der Waals surface area contributed by atoms with Crippen LogP contribution in [-0.4, -0.2) is 29.7 Å². The van der Waals surface area contributed by atoms with Gasteiger partial charge in [0, 0.05) is 0 Å². The topological polar surface area (TPSA) is 67.8 Å². The summed E-state index contributed by atoms with van der Waals surface area (Å²) in [4.78, 5) is 11.4. The summed E-state index contributed by atoms with van der Waals surface area (Å²) in [5.41, 5.74) is -0.506. The lowest BCUT2D eigenvalue weighted by molar-refractivity contribution is -0.274. The Hall–Kier alpha value is -1.96. The van der Waals surface area contributed by atoms with Gasteiger partial charge in [-0.2, -0.15) is 0 Å². The summed E-state index contributed by atoms with van der Waals surface area (Å²) in [6.07, 6.45) is -6.73. The van der Waals surface area contributed by atoms with Gasteiger partial charge < -0.3 is 19.9 Å². The van der Waals surface area contributed by atoms with Gasteiger partial charge in [0.25, 0.3) is 0 Å². The van der Waals surface area contributed by atoms with Crippen molar-refractivity contribution in [1.29, 1.82) is 0 Å². The predicted octanol–water partition coefficient (Wildman–Crippen LogP) is 3.14. The maximum atomic E-state index is 12.1. The smallest absolute Gasteiger partial charge is 0.444 e. The van der Waals surface area contributed by atoms with Crippen LogP contribution in [0.4, 0.5) is 18.0 Å². The van der Waals surface area contributed by atoms with E-state index in [1.54, 1.807) is 20.8 Å². The Labute approximate surface area is 126 Å². The number of hydrogen-bond donors (Lipinski definition) is 2. The van der Waals surface area contributed by atoms with Crippen LogP contribution in [0.3, 0.4) is 0 Å². The minimum atomic E-state index is -4.81. The normalized spacial score (nSPS) is 13.4. The first-order valence-corrected chi connectivity index (χ1v) is 6.47. The third-order valence-corrected chi connectivity index (χ3v) is 2.32. The highest BCUT2D eigenvalue weighted by molar-refractivity contribution is 5.67. The molecule has 0 aromatic heterocycles. The molecule has 0 aliphatic rings. The van der Waals surface area contributed by atoms with Gasteiger partial charge in [-0.1, -0.05) is 12.1 Å². The molecule has 124 valence electrons. The first-order valence-electron chi connectivity index (χ1n) is 6.47. The number of carbonyl (C=O) groups excluding carboxylic acids is 1. The van der Waals surface area contributed by atoms with Crippen molar-refractivity contribution in [3.63, 3.8) is 0 Å². The van der Waals surface area contributed by atoms with E-state index in [4.69, 9.17) is 4.74 Å². The highest BCUT2D eigenvalue weighted by Crippen LogP contribution is 2.25. The zero-order valence-electron chi connectivity index (χ0n) is 12.4. The van der Waals surface area contributed by atoms with E-state index in [0.717, 1.165) is 12.1 Å². The van der Waals surface area contributed by atoms with E-state index in [2.05, 4.69) is 10.1 Å². The summed E-state index contributed by atoms with van der Waals surface area (Å²) >= 11 is 0. The molecule has 0 aliphatic heterocycles. The third-order valence-electron chi connectivity index (χ3n) is 2.32. The van der Waals surface area contributed by atoms with Crippen LogP contribution in [0.15, 0.2) is 24.3 Å². The van der Waals surface area contributed by atoms with Crippen LogP contribution in [0.5, 0.6) is 5.75 Å². The van der Waals surface area contributed by atoms with Crippen molar-refractivity contribution in [2.24, 2.45) is 0 Å². The predicted molar refractivity (Wildman–Crippen MR) is 72.3 cm³/mol. The molecule has 1 atom stereocenters. The van der Waals surface area contributed by atoms with Gasteiger partial charge in [0.2, 0.25) is 0 Å². The van der Waals surface area contributed by atoms with Crippen LogP contribution in [0.1, 0.15) is 32.4 Å². The molecule has 0 radical (unpaired) electrons. The molecule has 0 bridgehead atoms. The fraction of sp³-hybridized carbons (Fsp3) is 0.500. The highest BCUT2D eigenvalue weighted by Gasteiger charge is 2.31. The molecule has 0 heterocycles. The van der Waals surface area contributed by atoms with Crippen LogP contribution in [-0.2, 0) is 4.74 Å². The van der Waals surface area contributed by atoms with E-state index < -0.39 is 29.9 Å². The number of alkyl carbamates (subject to hydrolysis) is 1. The van der Waals surface area contributed by atoms with Gasteiger partial charge >= 0.3 is 12.5 Å². The minimum Gasteiger partial charge on any atom is -0.444 e. The molecular weight excluding hydrogens is 303 g/mol. The van der Waals surface area contributed by atoms with E-state index >= 15 is 0 Å². The molecule has 0 saturated heterocycles. The number of rotatable bonds is 4. The number of benzene rings is 1. The van der Waals surface area contributed by atoms with Crippen molar-refractivity contribution in [3.05, 3.63) is 29.8 Å². The molecule has 0 fully saturated rings. The van der Waals surface area contributed by atoms with E-state index in [1.807, 2.05) is 0 Å². The van der Waals surface area contributed by atoms with Gasteiger partial charge in [0.05, 0.1) is 12.6 Å². The molecule has 0 unspecified atom stereocenters. The summed E-state index contributed by atoms with van der Waals surface area (Å²) in [6, 6.07) is 4.90. The van der Waals surface area contributed by atoms with Gasteiger partial charge in [0.15, 0.2) is 0 Å². The van der Waals surface area contributed by atoms with Gasteiger partial charge in [-0.15, -0.1) is 13.2 Å². The maximum absolute atomic E-state index is 12.1. The Morgan fingerprint density at radius 2 is 1.95 bits per heavy atom. The number of nitrogens with one attached hydrogen (secondary N) is 1. The number of halogens is 3. The Balaban J connectivity index is 2.61. The molecule has 0 saturated carbocycles. The lowest BCUT2D eigenvalue weighted by Gasteiger charge is -2.20. The number of carbonyl (C=O) groups is 1. The minimum absolute atomic E-state index is 0.179. The van der Waals surface area contributed by atoms with Crippen LogP contribution >= 0.6 is 0 Å². The first-order chi connectivity index (χ1) is 9.96. The number of ether oxygens (including phenoxy) is 2. The molecular formula is C14H18F3NO4. The standard InChI is InChI=1S/C14H18F3NO4/c1-13(2,3)22-12(20)18-8-11(19)9-5-4-6-10(7-9)21-14(15,16)17/h4-7,11,19H,8H2,1-3H3,(H,18,20)/t11-/m0/s1. The van der Waals surface area contributed by atoms with Crippen molar-refractivity contribution in [2.45, 2.75) is 38.8 Å². The van der Waals surface area contributed by atoms with Gasteiger partial charge in [-0.25, -0.2) is 4.79 Å². The first kappa shape index (κ1) is 18.1. The lowest BCUT2D eigenvalue weighted by atomic mass is 10.1. The number of aliphatic hydroxyl groups is 1. The number of amides is 1. The quantitative estimate of drug-likeness (QED) is 0.894. The van der Waals surface area contributed by atoms with E-state index in [0.29, 0.717) is 0 Å². The summed E-state index contributed by atoms with van der Waals surface area (Å²) in [5.74, 6) is -0.443. The zero-order valence-corrected chi connectivity index (χ0v) is 12.4. The molecule has 1 amide bonds. The molecule has 0 spiro atoms. The summed E-state index contributed by atoms with van der Waals surface area (Å²) in [7, 11) is 0. The van der Waals surface area contributed by atoms with Crippen LogP contribution < -0.4 is 10.1 Å². The van der Waals surface area contributed by atoms with Gasteiger partial charge in [0.1, 0.15) is 11.4 Å². The summed E-state index contributed by atoms with van der Waals surface area (Å²) < 4.78 is 45.1. The van der Waals surface area contributed by atoms with Crippen molar-refractivity contribution in [3.8, 4) is 5.75 Å². The molecule has 2 N–H and O–H groups in total. The van der Waals surface area contributed by atoms with Gasteiger partial charge in [-0.05, 0) is 38.5 Å². The Morgan fingerprint density at radius 1 is 1.32 bits per heavy atom. The average molecular weight is 321 g/mol. The van der Waals surface area contributed by atoms with Crippen LogP contribution in [0.2, 0.25) is 0 Å². The van der Waals surface area contributed by atoms with Crippen LogP contribution in [0, 0.1) is 0 Å². The van der Waals surface area contributed by atoms with Crippen molar-refractivity contribution >= 4 is 6.09 Å². The monoisotopic (exact) mass is 321 g/mol. The lowest BCUT2D eigenvalue weighted by Crippen LogP contribution is -2.34. The molecule has 22 heavy (non-hydrogen) atoms. The summed E-state index contributed by atoms with van der Waals surface area (Å²) in [5, 5.41) is 12.2. The van der Waals surface area contributed by atoms with Crippen molar-refractivity contribution in [2.75, 3.05) is 6.54 Å². The second-order valence-electron chi connectivity index (χ2n) is 5.52. The van der Waals surface area contributed by atoms with Crippen molar-refractivity contribution < 1.29 is 32.5 Å². The fourth-order valence-corrected chi connectivity index (χ4v) is 1.53. The number of hydrogen-bond acceptors (Lipinski definition) is 4. The van der Waals surface area contributed by atoms with E-state index in [-0.39, 0.29) is 12.1 Å². The highest BCUT2D eigenvalue weighted by atomic mass is 19.4. The largest absolute Gasteiger partial charge is 0.573 e. The molecule has 8 heteroatoms.